The number of amides is 3. The van der Waals surface area contributed by atoms with Crippen LogP contribution in [0.5, 0.6) is 0 Å². The monoisotopic (exact) mass is 1030 g/mol. The van der Waals surface area contributed by atoms with E-state index in [9.17, 15) is 37.8 Å². The summed E-state index contributed by atoms with van der Waals surface area (Å²) in [4.78, 5) is 51.6. The summed E-state index contributed by atoms with van der Waals surface area (Å²) in [6, 6.07) is 12.2. The number of carbonyl (C=O) groups is 3. The Kier molecular flexibility index (Phi) is 19.3. The number of aromatic nitrogens is 1. The van der Waals surface area contributed by atoms with Crippen molar-refractivity contribution in [1.29, 1.82) is 0 Å². The first kappa shape index (κ1) is 50.7. The summed E-state index contributed by atoms with van der Waals surface area (Å²) in [5.41, 5.74) is 5.30. The van der Waals surface area contributed by atoms with Gasteiger partial charge >= 0.3 is 0 Å². The van der Waals surface area contributed by atoms with E-state index in [0.717, 1.165) is 33.8 Å². The van der Waals surface area contributed by atoms with Crippen LogP contribution in [0, 0.1) is 33.4 Å². The molecule has 0 radical (unpaired) electrons. The summed E-state index contributed by atoms with van der Waals surface area (Å²) in [7, 11) is 0. The Morgan fingerprint density at radius 2 is 1.73 bits per heavy atom. The zero-order valence-electron chi connectivity index (χ0n) is 36.0. The SMILES string of the molecule is Cc1ncsc1-c1ccc(CNC(O)[C@@H]2C[C@@H](O)CN2C(=O)[C@@H](NC(=O)COCCOCCNCCCONC(=O)c2ccc(F)c(F)c2Nc2ccc(I)cc2F)C(C)(C)C)cc1. The zero-order chi connectivity index (χ0) is 46.4. The molecule has 0 saturated carbocycles. The number of nitrogens with zero attached hydrogens (tertiary/aromatic N) is 2. The Bertz CT molecular complexity index is 2180. The molecule has 1 fully saturated rings. The summed E-state index contributed by atoms with van der Waals surface area (Å²) in [6.07, 6.45) is -1.31. The minimum Gasteiger partial charge on any atom is -0.391 e. The Hall–Kier alpha value is -4.26. The van der Waals surface area contributed by atoms with Crippen LogP contribution in [0.25, 0.3) is 10.4 Å². The number of hydrogen-bond donors (Lipinski definition) is 7. The second-order valence-electron chi connectivity index (χ2n) is 16.2. The number of anilines is 2. The van der Waals surface area contributed by atoms with Gasteiger partial charge in [0.05, 0.1) is 71.6 Å². The number of benzene rings is 3. The first-order valence-electron chi connectivity index (χ1n) is 20.7. The molecule has 1 aliphatic rings. The van der Waals surface area contributed by atoms with Gasteiger partial charge in [-0.15, -0.1) is 11.3 Å². The lowest BCUT2D eigenvalue weighted by atomic mass is 9.85. The molecule has 15 nitrogen and oxygen atoms in total. The second kappa shape index (κ2) is 24.3. The predicted molar refractivity (Wildman–Crippen MR) is 244 cm³/mol. The molecule has 3 aromatic carbocycles. The van der Waals surface area contributed by atoms with Crippen LogP contribution in [-0.2, 0) is 30.4 Å². The lowest BCUT2D eigenvalue weighted by Gasteiger charge is -2.37. The second-order valence-corrected chi connectivity index (χ2v) is 18.3. The maximum atomic E-state index is 14.6. The predicted octanol–water partition coefficient (Wildman–Crippen LogP) is 5.16. The molecule has 1 saturated heterocycles. The van der Waals surface area contributed by atoms with Gasteiger partial charge in [-0.2, -0.15) is 0 Å². The molecule has 0 aliphatic carbocycles. The van der Waals surface area contributed by atoms with E-state index in [1.165, 1.54) is 17.0 Å². The van der Waals surface area contributed by atoms with Crippen molar-refractivity contribution < 1.29 is 52.1 Å². The first-order valence-corrected chi connectivity index (χ1v) is 22.7. The number of β-amino-alcohol motifs (C(OH)–C–C–N with tert-alkyl or cyclic N) is 1. The maximum absolute atomic E-state index is 14.6. The van der Waals surface area contributed by atoms with Crippen LogP contribution in [0.1, 0.15) is 55.2 Å². The number of halogens is 4. The standard InChI is InChI=1S/C44H55F3IN7O8S/c1-26-39(64-25-51-26)28-8-6-27(7-9-28)22-50-42(59)35-21-30(56)23-55(35)43(60)40(44(2,3)4)53-36(57)24-62-19-18-61-17-15-49-14-5-16-63-54-41(58)31-11-12-32(45)37(47)38(31)52-34-13-10-29(48)20-33(34)46/h6-13,20,25,30,35,40,42,49-50,52,56,59H,5,14-19,21-24H2,1-4H3,(H,53,57)(H,54,58)/t30-,35+,40-,42?/m1/s1. The van der Waals surface area contributed by atoms with Gasteiger partial charge in [0.1, 0.15) is 24.7 Å². The number of nitrogens with one attached hydrogen (secondary N) is 5. The van der Waals surface area contributed by atoms with Crippen LogP contribution in [0.2, 0.25) is 0 Å². The molecule has 7 N–H and O–H groups in total. The summed E-state index contributed by atoms with van der Waals surface area (Å²) in [6.45, 7) is 9.22. The molecule has 348 valence electrons. The van der Waals surface area contributed by atoms with Crippen LogP contribution >= 0.6 is 33.9 Å². The van der Waals surface area contributed by atoms with Crippen molar-refractivity contribution in [3.05, 3.63) is 98.0 Å². The minimum absolute atomic E-state index is 0.0175. The molecule has 3 amide bonds. The van der Waals surface area contributed by atoms with E-state index in [1.54, 1.807) is 17.4 Å². The van der Waals surface area contributed by atoms with Gasteiger partial charge in [-0.05, 0) is 95.8 Å². The van der Waals surface area contributed by atoms with Gasteiger partial charge in [-0.1, -0.05) is 45.0 Å². The molecule has 1 aromatic heterocycles. The Morgan fingerprint density at radius 3 is 2.44 bits per heavy atom. The van der Waals surface area contributed by atoms with Crippen LogP contribution in [0.4, 0.5) is 24.5 Å². The molecular formula is C44H55F3IN7O8S. The van der Waals surface area contributed by atoms with Crippen molar-refractivity contribution in [2.45, 2.75) is 71.5 Å². The fourth-order valence-electron chi connectivity index (χ4n) is 6.81. The van der Waals surface area contributed by atoms with E-state index in [0.29, 0.717) is 36.2 Å². The molecule has 0 spiro atoms. The molecule has 1 unspecified atom stereocenters. The number of likely N-dealkylation sites (tertiary alicyclic amines) is 1. The average molecular weight is 1030 g/mol. The van der Waals surface area contributed by atoms with Crippen molar-refractivity contribution in [2.75, 3.05) is 58.0 Å². The number of rotatable bonds is 23. The van der Waals surface area contributed by atoms with E-state index < -0.39 is 70.7 Å². The number of aryl methyl sites for hydroxylation is 1. The largest absolute Gasteiger partial charge is 0.391 e. The van der Waals surface area contributed by atoms with Gasteiger partial charge < -0.3 is 40.5 Å². The van der Waals surface area contributed by atoms with Crippen LogP contribution in [0.15, 0.2) is 60.1 Å². The lowest BCUT2D eigenvalue weighted by Crippen LogP contribution is -2.59. The lowest BCUT2D eigenvalue weighted by molar-refractivity contribution is -0.143. The molecule has 1 aliphatic heterocycles. The molecule has 5 rings (SSSR count). The highest BCUT2D eigenvalue weighted by atomic mass is 127. The quantitative estimate of drug-likeness (QED) is 0.0224. The highest BCUT2D eigenvalue weighted by Gasteiger charge is 2.44. The van der Waals surface area contributed by atoms with E-state index in [-0.39, 0.29) is 50.6 Å². The molecular weight excluding hydrogens is 970 g/mol. The van der Waals surface area contributed by atoms with Gasteiger partial charge in [-0.3, -0.25) is 24.5 Å². The smallest absolute Gasteiger partial charge is 0.277 e. The summed E-state index contributed by atoms with van der Waals surface area (Å²) in [5.74, 6) is -5.03. The zero-order valence-corrected chi connectivity index (χ0v) is 39.0. The number of carbonyl (C=O) groups excluding carboxylic acids is 3. The van der Waals surface area contributed by atoms with Crippen molar-refractivity contribution in [2.24, 2.45) is 5.41 Å². The molecule has 4 aromatic rings. The van der Waals surface area contributed by atoms with Crippen LogP contribution in [0.3, 0.4) is 0 Å². The number of aliphatic hydroxyl groups is 2. The van der Waals surface area contributed by atoms with E-state index in [1.807, 2.05) is 80.1 Å². The molecule has 64 heavy (non-hydrogen) atoms. The van der Waals surface area contributed by atoms with Crippen LogP contribution in [-0.4, -0.2) is 115 Å². The Labute approximate surface area is 387 Å². The number of hydroxylamine groups is 1. The van der Waals surface area contributed by atoms with E-state index >= 15 is 0 Å². The van der Waals surface area contributed by atoms with Gasteiger partial charge in [0, 0.05) is 23.2 Å². The van der Waals surface area contributed by atoms with E-state index in [4.69, 9.17) is 14.3 Å². The normalized spacial score (nSPS) is 16.1. The molecule has 4 atom stereocenters. The molecule has 0 bridgehead atoms. The highest BCUT2D eigenvalue weighted by Crippen LogP contribution is 2.30. The van der Waals surface area contributed by atoms with Crippen molar-refractivity contribution in [3.63, 3.8) is 0 Å². The van der Waals surface area contributed by atoms with Crippen molar-refractivity contribution >= 4 is 63.0 Å². The Morgan fingerprint density at radius 1 is 0.984 bits per heavy atom. The average Bonchev–Trinajstić information content (AvgIpc) is 3.87. The number of hydrogen-bond acceptors (Lipinski definition) is 13. The molecule has 2 heterocycles. The summed E-state index contributed by atoms with van der Waals surface area (Å²) < 4.78 is 54.7. The summed E-state index contributed by atoms with van der Waals surface area (Å²) in [5, 5.41) is 33.2. The molecule has 20 heteroatoms. The van der Waals surface area contributed by atoms with Gasteiger partial charge in [0.2, 0.25) is 11.8 Å². The van der Waals surface area contributed by atoms with Gasteiger partial charge in [0.15, 0.2) is 11.6 Å². The third-order valence-corrected chi connectivity index (χ3v) is 11.8. The van der Waals surface area contributed by atoms with E-state index in [2.05, 4.69) is 31.7 Å². The van der Waals surface area contributed by atoms with Crippen LogP contribution < -0.4 is 26.7 Å². The fourth-order valence-corrected chi connectivity index (χ4v) is 8.07. The fraction of sp³-hybridized carbons (Fsp3) is 0.455. The summed E-state index contributed by atoms with van der Waals surface area (Å²) >= 11 is 3.48. The Balaban J connectivity index is 0.944. The van der Waals surface area contributed by atoms with Crippen molar-refractivity contribution in [3.8, 4) is 10.4 Å². The third kappa shape index (κ3) is 14.6. The topological polar surface area (TPSA) is 196 Å². The first-order chi connectivity index (χ1) is 30.5. The number of thiazole rings is 1. The number of ether oxygens (including phenoxy) is 2. The number of aliphatic hydroxyl groups excluding tert-OH is 2. The van der Waals surface area contributed by atoms with Crippen molar-refractivity contribution in [1.82, 2.24) is 31.3 Å². The highest BCUT2D eigenvalue weighted by molar-refractivity contribution is 14.1. The van der Waals surface area contributed by atoms with Gasteiger partial charge in [-0.25, -0.2) is 23.6 Å². The maximum Gasteiger partial charge on any atom is 0.277 e. The third-order valence-electron chi connectivity index (χ3n) is 10.2. The van der Waals surface area contributed by atoms with Gasteiger partial charge in [0.25, 0.3) is 5.91 Å². The minimum atomic E-state index is -1.34.